The first-order chi connectivity index (χ1) is 29.4. The standard InChI is InChI=1S/C54H35ClN4O/c1-54(2)45-25-22-34(31-17-19-32(20-18-31)38-13-8-14-42-39-11-3-5-15-47(39)56-50(38)42)28-43(45)44-29-35(23-26-46(44)54)33-9-7-10-36(27-33)51-57-52(59-53(55)58-51)37-21-24-41-40-12-4-6-16-48(40)60-49(41)30-37/h3-30,56H,1-2H3. The molecule has 3 heterocycles. The first-order valence-corrected chi connectivity index (χ1v) is 20.6. The van der Waals surface area contributed by atoms with E-state index in [1.807, 2.05) is 48.5 Å². The van der Waals surface area contributed by atoms with Gasteiger partial charge >= 0.3 is 0 Å². The fraction of sp³-hybridized carbons (Fsp3) is 0.0556. The lowest BCUT2D eigenvalue weighted by Gasteiger charge is -2.21. The molecule has 1 aliphatic carbocycles. The number of nitrogens with zero attached hydrogens (tertiary/aromatic N) is 3. The normalized spacial score (nSPS) is 13.1. The molecule has 0 fully saturated rings. The van der Waals surface area contributed by atoms with Crippen molar-refractivity contribution in [1.82, 2.24) is 19.9 Å². The van der Waals surface area contributed by atoms with Crippen molar-refractivity contribution >= 4 is 55.3 Å². The number of rotatable bonds is 5. The van der Waals surface area contributed by atoms with E-state index in [4.69, 9.17) is 21.0 Å². The summed E-state index contributed by atoms with van der Waals surface area (Å²) in [4.78, 5) is 17.7. The number of halogens is 1. The molecular formula is C54H35ClN4O. The minimum atomic E-state index is -0.130. The van der Waals surface area contributed by atoms with E-state index in [-0.39, 0.29) is 10.7 Å². The molecule has 8 aromatic carbocycles. The van der Waals surface area contributed by atoms with Crippen molar-refractivity contribution in [2.75, 3.05) is 0 Å². The van der Waals surface area contributed by atoms with Crippen molar-refractivity contribution in [3.8, 4) is 67.3 Å². The maximum Gasteiger partial charge on any atom is 0.226 e. The van der Waals surface area contributed by atoms with Gasteiger partial charge in [0.1, 0.15) is 11.2 Å². The van der Waals surface area contributed by atoms with E-state index in [0.717, 1.165) is 49.7 Å². The number of para-hydroxylation sites is 3. The van der Waals surface area contributed by atoms with Gasteiger partial charge in [-0.2, -0.15) is 9.97 Å². The van der Waals surface area contributed by atoms with Crippen molar-refractivity contribution < 1.29 is 4.42 Å². The van der Waals surface area contributed by atoms with Gasteiger partial charge in [-0.3, -0.25) is 0 Å². The summed E-state index contributed by atoms with van der Waals surface area (Å²) in [5.74, 6) is 1.00. The molecule has 6 heteroatoms. The van der Waals surface area contributed by atoms with Gasteiger partial charge in [0.05, 0.1) is 5.52 Å². The molecule has 12 rings (SSSR count). The van der Waals surface area contributed by atoms with E-state index in [1.54, 1.807) is 0 Å². The highest BCUT2D eigenvalue weighted by molar-refractivity contribution is 6.28. The Kier molecular flexibility index (Phi) is 7.56. The minimum absolute atomic E-state index is 0.130. The molecule has 0 unspecified atom stereocenters. The highest BCUT2D eigenvalue weighted by Crippen LogP contribution is 2.51. The Balaban J connectivity index is 0.876. The highest BCUT2D eigenvalue weighted by atomic mass is 35.5. The average Bonchev–Trinajstić information content (AvgIpc) is 3.93. The summed E-state index contributed by atoms with van der Waals surface area (Å²) in [6, 6.07) is 60.3. The maximum absolute atomic E-state index is 6.57. The van der Waals surface area contributed by atoms with Gasteiger partial charge in [-0.1, -0.05) is 141 Å². The molecule has 0 aliphatic heterocycles. The van der Waals surface area contributed by atoms with Crippen LogP contribution >= 0.6 is 11.6 Å². The molecule has 1 N–H and O–H groups in total. The van der Waals surface area contributed by atoms with Crippen LogP contribution in [0.3, 0.4) is 0 Å². The Morgan fingerprint density at radius 2 is 1.00 bits per heavy atom. The van der Waals surface area contributed by atoms with Crippen molar-refractivity contribution in [3.05, 3.63) is 186 Å². The number of benzene rings is 8. The smallest absolute Gasteiger partial charge is 0.226 e. The molecular weight excluding hydrogens is 756 g/mol. The third-order valence-electron chi connectivity index (χ3n) is 12.4. The third-order valence-corrected chi connectivity index (χ3v) is 12.6. The number of nitrogens with one attached hydrogen (secondary N) is 1. The second kappa shape index (κ2) is 13.1. The number of furan rings is 1. The topological polar surface area (TPSA) is 67.6 Å². The van der Waals surface area contributed by atoms with Gasteiger partial charge in [0.2, 0.25) is 5.28 Å². The van der Waals surface area contributed by atoms with Gasteiger partial charge in [0, 0.05) is 49.2 Å². The van der Waals surface area contributed by atoms with E-state index in [9.17, 15) is 0 Å². The van der Waals surface area contributed by atoms with E-state index in [2.05, 4.69) is 150 Å². The van der Waals surface area contributed by atoms with E-state index in [0.29, 0.717) is 11.6 Å². The molecule has 60 heavy (non-hydrogen) atoms. The van der Waals surface area contributed by atoms with Crippen molar-refractivity contribution in [2.24, 2.45) is 0 Å². The van der Waals surface area contributed by atoms with Crippen molar-refractivity contribution in [3.63, 3.8) is 0 Å². The van der Waals surface area contributed by atoms with Crippen LogP contribution in [0.2, 0.25) is 5.28 Å². The Bertz CT molecular complexity index is 3540. The zero-order valence-corrected chi connectivity index (χ0v) is 33.5. The van der Waals surface area contributed by atoms with E-state index < -0.39 is 0 Å². The zero-order chi connectivity index (χ0) is 40.1. The monoisotopic (exact) mass is 790 g/mol. The van der Waals surface area contributed by atoms with Gasteiger partial charge in [-0.15, -0.1) is 0 Å². The SMILES string of the molecule is CC1(C)c2ccc(-c3ccc(-c4cccc5c4[nH]c4ccccc45)cc3)cc2-c2cc(-c3cccc(-c4nc(Cl)nc(-c5ccc6c(c5)oc5ccccc56)n4)c3)ccc21. The van der Waals surface area contributed by atoms with Gasteiger partial charge < -0.3 is 9.40 Å². The van der Waals surface area contributed by atoms with Crippen LogP contribution in [0.15, 0.2) is 174 Å². The predicted octanol–water partition coefficient (Wildman–Crippen LogP) is 14.7. The van der Waals surface area contributed by atoms with Crippen molar-refractivity contribution in [2.45, 2.75) is 19.3 Å². The van der Waals surface area contributed by atoms with Crippen LogP contribution in [-0.4, -0.2) is 19.9 Å². The van der Waals surface area contributed by atoms with Crippen molar-refractivity contribution in [1.29, 1.82) is 0 Å². The molecule has 284 valence electrons. The van der Waals surface area contributed by atoms with Gasteiger partial charge in [-0.25, -0.2) is 4.98 Å². The highest BCUT2D eigenvalue weighted by Gasteiger charge is 2.35. The van der Waals surface area contributed by atoms with Gasteiger partial charge in [-0.05, 0) is 104 Å². The molecule has 3 aromatic heterocycles. The lowest BCUT2D eigenvalue weighted by atomic mass is 9.82. The summed E-state index contributed by atoms with van der Waals surface area (Å²) in [5.41, 5.74) is 17.6. The first-order valence-electron chi connectivity index (χ1n) is 20.2. The molecule has 0 amide bonds. The van der Waals surface area contributed by atoms with Crippen LogP contribution in [0.4, 0.5) is 0 Å². The molecule has 0 radical (unpaired) electrons. The molecule has 0 bridgehead atoms. The molecule has 11 aromatic rings. The second-order valence-corrected chi connectivity index (χ2v) is 16.6. The van der Waals surface area contributed by atoms with Crippen LogP contribution in [0, 0.1) is 0 Å². The summed E-state index contributed by atoms with van der Waals surface area (Å²) in [6.07, 6.45) is 0. The summed E-state index contributed by atoms with van der Waals surface area (Å²) in [7, 11) is 0. The molecule has 1 aliphatic rings. The molecule has 0 saturated carbocycles. The largest absolute Gasteiger partial charge is 0.456 e. The van der Waals surface area contributed by atoms with Crippen LogP contribution in [0.1, 0.15) is 25.0 Å². The fourth-order valence-electron chi connectivity index (χ4n) is 9.40. The molecule has 0 saturated heterocycles. The summed E-state index contributed by atoms with van der Waals surface area (Å²) in [5, 5.41) is 4.75. The average molecular weight is 791 g/mol. The Morgan fingerprint density at radius 3 is 1.78 bits per heavy atom. The Hall–Kier alpha value is -7.34. The number of hydrogen-bond donors (Lipinski definition) is 1. The summed E-state index contributed by atoms with van der Waals surface area (Å²) < 4.78 is 6.15. The predicted molar refractivity (Wildman–Crippen MR) is 246 cm³/mol. The maximum atomic E-state index is 6.57. The van der Waals surface area contributed by atoms with Gasteiger partial charge in [0.15, 0.2) is 11.6 Å². The van der Waals surface area contributed by atoms with Crippen LogP contribution in [0.5, 0.6) is 0 Å². The second-order valence-electron chi connectivity index (χ2n) is 16.3. The Morgan fingerprint density at radius 1 is 0.433 bits per heavy atom. The summed E-state index contributed by atoms with van der Waals surface area (Å²) in [6.45, 7) is 4.65. The zero-order valence-electron chi connectivity index (χ0n) is 32.8. The van der Waals surface area contributed by atoms with E-state index >= 15 is 0 Å². The Labute approximate surface area is 351 Å². The minimum Gasteiger partial charge on any atom is -0.456 e. The van der Waals surface area contributed by atoms with Gasteiger partial charge in [0.25, 0.3) is 0 Å². The third kappa shape index (κ3) is 5.43. The molecule has 5 nitrogen and oxygen atoms in total. The lowest BCUT2D eigenvalue weighted by Crippen LogP contribution is -2.14. The number of H-pyrrole nitrogens is 1. The first kappa shape index (κ1) is 34.7. The summed E-state index contributed by atoms with van der Waals surface area (Å²) >= 11 is 6.57. The fourth-order valence-corrected chi connectivity index (χ4v) is 9.56. The lowest BCUT2D eigenvalue weighted by molar-refractivity contribution is 0.660. The molecule has 0 atom stereocenters. The van der Waals surface area contributed by atoms with E-state index in [1.165, 1.54) is 60.8 Å². The number of aromatic amines is 1. The van der Waals surface area contributed by atoms with Crippen LogP contribution < -0.4 is 0 Å². The van der Waals surface area contributed by atoms with Crippen LogP contribution in [0.25, 0.3) is 111 Å². The number of fused-ring (bicyclic) bond motifs is 9. The number of aromatic nitrogens is 4. The number of hydrogen-bond acceptors (Lipinski definition) is 4. The molecule has 0 spiro atoms. The quantitative estimate of drug-likeness (QED) is 0.189. The van der Waals surface area contributed by atoms with Crippen LogP contribution in [-0.2, 0) is 5.41 Å².